The molecule has 1 heterocycles. The van der Waals surface area contributed by atoms with Gasteiger partial charge in [-0.05, 0) is 32.4 Å². The molecule has 0 saturated carbocycles. The summed E-state index contributed by atoms with van der Waals surface area (Å²) < 4.78 is 9.98. The van der Waals surface area contributed by atoms with Crippen molar-refractivity contribution >= 4 is 5.91 Å². The molecule has 2 N–H and O–H groups in total. The summed E-state index contributed by atoms with van der Waals surface area (Å²) in [4.78, 5) is 11.5. The first kappa shape index (κ1) is 13.4. The lowest BCUT2D eigenvalue weighted by Crippen LogP contribution is -2.37. The van der Waals surface area contributed by atoms with Crippen LogP contribution in [0.25, 0.3) is 0 Å². The molecule has 1 saturated heterocycles. The van der Waals surface area contributed by atoms with Crippen molar-refractivity contribution in [3.8, 4) is 0 Å². The molecule has 0 aromatic heterocycles. The lowest BCUT2D eigenvalue weighted by atomic mass is 10.1. The second-order valence-corrected chi connectivity index (χ2v) is 3.99. The highest BCUT2D eigenvalue weighted by Gasteiger charge is 2.13. The van der Waals surface area contributed by atoms with Crippen LogP contribution in [0.15, 0.2) is 0 Å². The van der Waals surface area contributed by atoms with E-state index in [-0.39, 0.29) is 12.5 Å². The Morgan fingerprint density at radius 2 is 2.25 bits per heavy atom. The van der Waals surface area contributed by atoms with Gasteiger partial charge in [0.1, 0.15) is 6.61 Å². The number of ether oxygens (including phenoxy) is 2. The summed E-state index contributed by atoms with van der Waals surface area (Å²) in [5, 5.41) is 6.30. The van der Waals surface area contributed by atoms with Crippen LogP contribution in [0.4, 0.5) is 0 Å². The van der Waals surface area contributed by atoms with E-state index < -0.39 is 0 Å². The van der Waals surface area contributed by atoms with Crippen LogP contribution in [0.3, 0.4) is 0 Å². The van der Waals surface area contributed by atoms with Gasteiger partial charge in [0, 0.05) is 13.2 Å². The molecule has 5 heteroatoms. The number of carbonyl (C=O) groups is 1. The third kappa shape index (κ3) is 6.05. The fourth-order valence-electron chi connectivity index (χ4n) is 1.74. The van der Waals surface area contributed by atoms with Crippen molar-refractivity contribution in [2.75, 3.05) is 40.0 Å². The van der Waals surface area contributed by atoms with Gasteiger partial charge >= 0.3 is 0 Å². The van der Waals surface area contributed by atoms with Crippen LogP contribution in [0.2, 0.25) is 0 Å². The van der Waals surface area contributed by atoms with E-state index >= 15 is 0 Å². The van der Waals surface area contributed by atoms with Gasteiger partial charge in [0.15, 0.2) is 0 Å². The zero-order valence-corrected chi connectivity index (χ0v) is 9.96. The van der Waals surface area contributed by atoms with E-state index in [0.717, 1.165) is 32.4 Å². The molecule has 0 aromatic rings. The first-order valence-corrected chi connectivity index (χ1v) is 5.89. The van der Waals surface area contributed by atoms with Gasteiger partial charge in [-0.3, -0.25) is 4.79 Å². The van der Waals surface area contributed by atoms with Crippen molar-refractivity contribution in [3.05, 3.63) is 0 Å². The molecule has 1 rings (SSSR count). The Hall–Kier alpha value is -0.650. The Labute approximate surface area is 96.9 Å². The third-order valence-electron chi connectivity index (χ3n) is 2.61. The van der Waals surface area contributed by atoms with Gasteiger partial charge in [0.2, 0.25) is 5.91 Å². The summed E-state index contributed by atoms with van der Waals surface area (Å²) in [5.41, 5.74) is 0. The van der Waals surface area contributed by atoms with Crippen molar-refractivity contribution in [2.24, 2.45) is 0 Å². The second-order valence-electron chi connectivity index (χ2n) is 3.99. The standard InChI is InChI=1S/C11H22N2O3/c1-15-7-8-16-9-11(14)13-10-3-2-5-12-6-4-10/h10,12H,2-9H2,1H3,(H,13,14). The first-order chi connectivity index (χ1) is 7.83. The number of amides is 1. The fraction of sp³-hybridized carbons (Fsp3) is 0.909. The third-order valence-corrected chi connectivity index (χ3v) is 2.61. The highest BCUT2D eigenvalue weighted by Crippen LogP contribution is 2.04. The molecule has 0 bridgehead atoms. The average molecular weight is 230 g/mol. The molecule has 1 amide bonds. The van der Waals surface area contributed by atoms with Crippen LogP contribution in [0.5, 0.6) is 0 Å². The molecule has 16 heavy (non-hydrogen) atoms. The predicted molar refractivity (Wildman–Crippen MR) is 61.3 cm³/mol. The summed E-state index contributed by atoms with van der Waals surface area (Å²) in [7, 11) is 1.61. The number of nitrogens with one attached hydrogen (secondary N) is 2. The van der Waals surface area contributed by atoms with Gasteiger partial charge < -0.3 is 20.1 Å². The van der Waals surface area contributed by atoms with Crippen LogP contribution in [0, 0.1) is 0 Å². The van der Waals surface area contributed by atoms with E-state index in [0.29, 0.717) is 19.3 Å². The molecule has 0 aromatic carbocycles. The van der Waals surface area contributed by atoms with Crippen molar-refractivity contribution in [1.82, 2.24) is 10.6 Å². The van der Waals surface area contributed by atoms with Crippen molar-refractivity contribution < 1.29 is 14.3 Å². The van der Waals surface area contributed by atoms with Crippen molar-refractivity contribution in [3.63, 3.8) is 0 Å². The monoisotopic (exact) mass is 230 g/mol. The Morgan fingerprint density at radius 1 is 1.38 bits per heavy atom. The zero-order valence-electron chi connectivity index (χ0n) is 9.96. The van der Waals surface area contributed by atoms with E-state index in [2.05, 4.69) is 10.6 Å². The Balaban J connectivity index is 2.07. The SMILES string of the molecule is COCCOCC(=O)NC1CCCNCC1. The number of hydrogen-bond acceptors (Lipinski definition) is 4. The highest BCUT2D eigenvalue weighted by molar-refractivity contribution is 5.77. The summed E-state index contributed by atoms with van der Waals surface area (Å²) in [6.07, 6.45) is 3.18. The largest absolute Gasteiger partial charge is 0.382 e. The molecule has 5 nitrogen and oxygen atoms in total. The molecule has 1 unspecified atom stereocenters. The average Bonchev–Trinajstić information content (AvgIpc) is 2.53. The van der Waals surface area contributed by atoms with Crippen LogP contribution in [-0.2, 0) is 14.3 Å². The van der Waals surface area contributed by atoms with Gasteiger partial charge in [-0.1, -0.05) is 0 Å². The first-order valence-electron chi connectivity index (χ1n) is 5.89. The van der Waals surface area contributed by atoms with E-state index in [9.17, 15) is 4.79 Å². The second kappa shape index (κ2) is 8.50. The highest BCUT2D eigenvalue weighted by atomic mass is 16.5. The molecular formula is C11H22N2O3. The maximum Gasteiger partial charge on any atom is 0.246 e. The maximum absolute atomic E-state index is 11.5. The van der Waals surface area contributed by atoms with Gasteiger partial charge in [-0.2, -0.15) is 0 Å². The quantitative estimate of drug-likeness (QED) is 0.626. The molecular weight excluding hydrogens is 208 g/mol. The summed E-state index contributed by atoms with van der Waals surface area (Å²) in [6, 6.07) is 0.300. The van der Waals surface area contributed by atoms with Crippen molar-refractivity contribution in [1.29, 1.82) is 0 Å². The number of carbonyl (C=O) groups excluding carboxylic acids is 1. The van der Waals surface area contributed by atoms with Gasteiger partial charge in [-0.25, -0.2) is 0 Å². The smallest absolute Gasteiger partial charge is 0.246 e. The molecule has 1 atom stereocenters. The predicted octanol–water partition coefficient (Wildman–Crippen LogP) is -0.0923. The van der Waals surface area contributed by atoms with Crippen LogP contribution in [0.1, 0.15) is 19.3 Å². The van der Waals surface area contributed by atoms with Gasteiger partial charge in [0.05, 0.1) is 13.2 Å². The normalized spacial score (nSPS) is 21.4. The van der Waals surface area contributed by atoms with Gasteiger partial charge in [-0.15, -0.1) is 0 Å². The fourth-order valence-corrected chi connectivity index (χ4v) is 1.74. The molecule has 1 aliphatic heterocycles. The molecule has 0 radical (unpaired) electrons. The minimum atomic E-state index is -0.0250. The minimum absolute atomic E-state index is 0.0250. The Kier molecular flexibility index (Phi) is 7.12. The molecule has 94 valence electrons. The summed E-state index contributed by atoms with van der Waals surface area (Å²) in [5.74, 6) is -0.0250. The molecule has 1 aliphatic rings. The van der Waals surface area contributed by atoms with E-state index in [1.54, 1.807) is 7.11 Å². The molecule has 0 spiro atoms. The summed E-state index contributed by atoms with van der Waals surface area (Å²) >= 11 is 0. The van der Waals surface area contributed by atoms with Crippen molar-refractivity contribution in [2.45, 2.75) is 25.3 Å². The topological polar surface area (TPSA) is 59.6 Å². The number of methoxy groups -OCH3 is 1. The minimum Gasteiger partial charge on any atom is -0.382 e. The van der Waals surface area contributed by atoms with Crippen LogP contribution in [-0.4, -0.2) is 52.0 Å². The van der Waals surface area contributed by atoms with Crippen LogP contribution >= 0.6 is 0 Å². The lowest BCUT2D eigenvalue weighted by molar-refractivity contribution is -0.126. The van der Waals surface area contributed by atoms with Crippen LogP contribution < -0.4 is 10.6 Å². The van der Waals surface area contributed by atoms with Gasteiger partial charge in [0.25, 0.3) is 0 Å². The van der Waals surface area contributed by atoms with E-state index in [1.807, 2.05) is 0 Å². The maximum atomic E-state index is 11.5. The lowest BCUT2D eigenvalue weighted by Gasteiger charge is -2.15. The Morgan fingerprint density at radius 3 is 3.06 bits per heavy atom. The summed E-state index contributed by atoms with van der Waals surface area (Å²) in [6.45, 7) is 3.16. The van der Waals surface area contributed by atoms with E-state index in [1.165, 1.54) is 0 Å². The Bertz CT molecular complexity index is 192. The van der Waals surface area contributed by atoms with E-state index in [4.69, 9.17) is 9.47 Å². The zero-order chi connectivity index (χ0) is 11.6. The molecule has 1 fully saturated rings. The number of rotatable bonds is 6. The molecule has 0 aliphatic carbocycles. The number of hydrogen-bond donors (Lipinski definition) is 2.